The quantitative estimate of drug-likeness (QED) is 0.455. The second kappa shape index (κ2) is 6.40. The fraction of sp³-hybridized carbons (Fsp3) is 0.667. The molecule has 20 heavy (non-hydrogen) atoms. The first-order chi connectivity index (χ1) is 9.52. The molecule has 0 aromatic carbocycles. The molecule has 2 aliphatic rings. The van der Waals surface area contributed by atoms with Gasteiger partial charge >= 0.3 is 5.97 Å². The summed E-state index contributed by atoms with van der Waals surface area (Å²) < 4.78 is 16.2. The van der Waals surface area contributed by atoms with Crippen LogP contribution in [0.3, 0.4) is 0 Å². The molecule has 5 atom stereocenters. The predicted octanol–water partition coefficient (Wildman–Crippen LogP) is 0.662. The van der Waals surface area contributed by atoms with Crippen LogP contribution in [0.2, 0.25) is 0 Å². The van der Waals surface area contributed by atoms with E-state index in [2.05, 4.69) is 12.5 Å². The Bertz CT molecular complexity index is 424. The maximum absolute atomic E-state index is 12.0. The van der Waals surface area contributed by atoms with E-state index in [4.69, 9.17) is 20.6 Å². The molecule has 2 fully saturated rings. The third kappa shape index (κ3) is 3.21. The average Bonchev–Trinajstić information content (AvgIpc) is 2.94. The van der Waals surface area contributed by atoms with Gasteiger partial charge in [-0.2, -0.15) is 0 Å². The zero-order valence-corrected chi connectivity index (χ0v) is 11.6. The van der Waals surface area contributed by atoms with Gasteiger partial charge in [-0.25, -0.2) is 4.79 Å². The Kier molecular flexibility index (Phi) is 4.81. The van der Waals surface area contributed by atoms with E-state index in [1.165, 1.54) is 0 Å². The van der Waals surface area contributed by atoms with Crippen LogP contribution >= 0.6 is 0 Å². The summed E-state index contributed by atoms with van der Waals surface area (Å²) in [6.45, 7) is 6.16. The summed E-state index contributed by atoms with van der Waals surface area (Å²) in [5.74, 6) is 2.30. The molecule has 0 aliphatic carbocycles. The van der Waals surface area contributed by atoms with Gasteiger partial charge in [0.2, 0.25) is 0 Å². The van der Waals surface area contributed by atoms with E-state index in [-0.39, 0.29) is 25.2 Å². The maximum Gasteiger partial charge on any atom is 0.333 e. The van der Waals surface area contributed by atoms with E-state index in [1.807, 2.05) is 6.92 Å². The van der Waals surface area contributed by atoms with Crippen molar-refractivity contribution in [2.75, 3.05) is 13.2 Å². The number of aliphatic hydroxyl groups is 1. The number of hydrogen-bond acceptors (Lipinski definition) is 5. The van der Waals surface area contributed by atoms with Gasteiger partial charge in [0, 0.05) is 12.0 Å². The van der Waals surface area contributed by atoms with Crippen LogP contribution in [0, 0.1) is 18.3 Å². The number of carbonyl (C=O) groups excluding carboxylic acids is 1. The number of terminal acetylenes is 1. The first-order valence-corrected chi connectivity index (χ1v) is 6.76. The van der Waals surface area contributed by atoms with Crippen LogP contribution in [-0.2, 0) is 19.0 Å². The molecule has 0 amide bonds. The minimum atomic E-state index is -0.650. The summed E-state index contributed by atoms with van der Waals surface area (Å²) >= 11 is 0. The van der Waals surface area contributed by atoms with Gasteiger partial charge in [-0.15, -0.1) is 12.3 Å². The van der Waals surface area contributed by atoms with E-state index >= 15 is 0 Å². The lowest BCUT2D eigenvalue weighted by molar-refractivity contribution is -0.149. The number of aliphatic hydroxyl groups excluding tert-OH is 1. The highest BCUT2D eigenvalue weighted by molar-refractivity contribution is 5.87. The molecule has 0 aromatic rings. The Morgan fingerprint density at radius 3 is 2.90 bits per heavy atom. The largest absolute Gasteiger partial charge is 0.454 e. The Balaban J connectivity index is 1.83. The first kappa shape index (κ1) is 15.0. The van der Waals surface area contributed by atoms with E-state index < -0.39 is 24.3 Å². The topological polar surface area (TPSA) is 65.0 Å². The van der Waals surface area contributed by atoms with Crippen LogP contribution in [0.15, 0.2) is 12.2 Å². The Labute approximate surface area is 118 Å². The summed E-state index contributed by atoms with van der Waals surface area (Å²) in [7, 11) is 0. The first-order valence-electron chi connectivity index (χ1n) is 6.76. The van der Waals surface area contributed by atoms with Gasteiger partial charge in [0.15, 0.2) is 6.10 Å². The highest BCUT2D eigenvalue weighted by Crippen LogP contribution is 2.29. The molecule has 0 spiro atoms. The van der Waals surface area contributed by atoms with Crippen molar-refractivity contribution in [1.82, 2.24) is 0 Å². The molecule has 5 nitrogen and oxygen atoms in total. The molecule has 0 saturated carbocycles. The van der Waals surface area contributed by atoms with Gasteiger partial charge in [-0.3, -0.25) is 0 Å². The standard InChI is InChI=1S/C15H20O5/c1-4-5-9(2)6-10(3)15(17)20-12-8-19-13-11(16)7-18-14(12)13/h1,9,11-14,16H,3,5-8H2,2H3/t9?,11?,12-,13-,14-/m1/s1. The summed E-state index contributed by atoms with van der Waals surface area (Å²) in [6, 6.07) is 0. The molecule has 2 saturated heterocycles. The van der Waals surface area contributed by atoms with Crippen molar-refractivity contribution in [3.8, 4) is 12.3 Å². The van der Waals surface area contributed by atoms with Crippen molar-refractivity contribution >= 4 is 5.97 Å². The lowest BCUT2D eigenvalue weighted by atomic mass is 9.99. The fourth-order valence-corrected chi connectivity index (χ4v) is 2.54. The number of esters is 1. The molecule has 110 valence electrons. The van der Waals surface area contributed by atoms with Crippen LogP contribution in [0.5, 0.6) is 0 Å². The Hall–Kier alpha value is -1.35. The van der Waals surface area contributed by atoms with Crippen LogP contribution < -0.4 is 0 Å². The number of ether oxygens (including phenoxy) is 3. The van der Waals surface area contributed by atoms with Gasteiger partial charge in [0.25, 0.3) is 0 Å². The van der Waals surface area contributed by atoms with Gasteiger partial charge in [-0.1, -0.05) is 13.5 Å². The number of rotatable bonds is 5. The van der Waals surface area contributed by atoms with E-state index in [0.29, 0.717) is 18.4 Å². The maximum atomic E-state index is 12.0. The van der Waals surface area contributed by atoms with E-state index in [9.17, 15) is 9.90 Å². The summed E-state index contributed by atoms with van der Waals surface area (Å²) in [6.07, 6.45) is 4.42. The SMILES string of the molecule is C#CCC(C)CC(=C)C(=O)O[C@@H]1CO[C@@H]2C(O)CO[C@@H]21. The zero-order valence-electron chi connectivity index (χ0n) is 11.6. The zero-order chi connectivity index (χ0) is 14.7. The van der Waals surface area contributed by atoms with Gasteiger partial charge in [-0.05, 0) is 12.3 Å². The Morgan fingerprint density at radius 1 is 1.50 bits per heavy atom. The molecular formula is C15H20O5. The number of hydrogen-bond donors (Lipinski definition) is 1. The van der Waals surface area contributed by atoms with Crippen molar-refractivity contribution in [3.05, 3.63) is 12.2 Å². The monoisotopic (exact) mass is 280 g/mol. The summed E-state index contributed by atoms with van der Waals surface area (Å²) in [4.78, 5) is 12.0. The fourth-order valence-electron chi connectivity index (χ4n) is 2.54. The van der Waals surface area contributed by atoms with Crippen molar-refractivity contribution in [1.29, 1.82) is 0 Å². The third-order valence-electron chi connectivity index (χ3n) is 3.59. The Morgan fingerprint density at radius 2 is 2.20 bits per heavy atom. The van der Waals surface area contributed by atoms with Crippen molar-refractivity contribution < 1.29 is 24.1 Å². The summed E-state index contributed by atoms with van der Waals surface area (Å²) in [5.41, 5.74) is 0.398. The average molecular weight is 280 g/mol. The van der Waals surface area contributed by atoms with Gasteiger partial charge in [0.05, 0.1) is 13.2 Å². The molecule has 2 unspecified atom stereocenters. The molecule has 1 N–H and O–H groups in total. The second-order valence-corrected chi connectivity index (χ2v) is 5.43. The molecule has 0 aromatic heterocycles. The van der Waals surface area contributed by atoms with E-state index in [1.54, 1.807) is 0 Å². The summed E-state index contributed by atoms with van der Waals surface area (Å²) in [5, 5.41) is 9.61. The molecule has 2 heterocycles. The lowest BCUT2D eigenvalue weighted by Crippen LogP contribution is -2.34. The van der Waals surface area contributed by atoms with Crippen LogP contribution in [-0.4, -0.2) is 48.7 Å². The van der Waals surface area contributed by atoms with E-state index in [0.717, 1.165) is 0 Å². The minimum Gasteiger partial charge on any atom is -0.454 e. The van der Waals surface area contributed by atoms with Crippen molar-refractivity contribution in [3.63, 3.8) is 0 Å². The normalized spacial score (nSPS) is 33.2. The van der Waals surface area contributed by atoms with Crippen LogP contribution in [0.1, 0.15) is 19.8 Å². The predicted molar refractivity (Wildman–Crippen MR) is 71.7 cm³/mol. The van der Waals surface area contributed by atoms with Crippen molar-refractivity contribution in [2.24, 2.45) is 5.92 Å². The van der Waals surface area contributed by atoms with Crippen LogP contribution in [0.25, 0.3) is 0 Å². The second-order valence-electron chi connectivity index (χ2n) is 5.43. The molecule has 0 radical (unpaired) electrons. The molecule has 0 bridgehead atoms. The minimum absolute atomic E-state index is 0.192. The van der Waals surface area contributed by atoms with Crippen molar-refractivity contribution in [2.45, 2.75) is 44.2 Å². The van der Waals surface area contributed by atoms with Gasteiger partial charge in [0.1, 0.15) is 18.3 Å². The highest BCUT2D eigenvalue weighted by atomic mass is 16.6. The molecule has 5 heteroatoms. The lowest BCUT2D eigenvalue weighted by Gasteiger charge is -2.18. The molecular weight excluding hydrogens is 260 g/mol. The third-order valence-corrected chi connectivity index (χ3v) is 3.59. The smallest absolute Gasteiger partial charge is 0.333 e. The number of fused-ring (bicyclic) bond motifs is 1. The molecule has 2 rings (SSSR count). The van der Waals surface area contributed by atoms with Crippen LogP contribution in [0.4, 0.5) is 0 Å². The van der Waals surface area contributed by atoms with Gasteiger partial charge < -0.3 is 19.3 Å². The molecule has 2 aliphatic heterocycles. The highest BCUT2D eigenvalue weighted by Gasteiger charge is 2.49. The number of carbonyl (C=O) groups is 1.